The van der Waals surface area contributed by atoms with E-state index in [0.717, 1.165) is 0 Å². The Labute approximate surface area is 118 Å². The summed E-state index contributed by atoms with van der Waals surface area (Å²) in [6.45, 7) is -2.87. The molecular formula is C12H12F2N4O3. The van der Waals surface area contributed by atoms with Gasteiger partial charge in [-0.2, -0.15) is 13.8 Å². The molecule has 0 unspecified atom stereocenters. The largest absolute Gasteiger partial charge is 0.466 e. The molecule has 112 valence electrons. The second-order valence-electron chi connectivity index (χ2n) is 3.92. The van der Waals surface area contributed by atoms with E-state index < -0.39 is 6.61 Å². The highest BCUT2D eigenvalue weighted by molar-refractivity contribution is 5.90. The Kier molecular flexibility index (Phi) is 4.64. The summed E-state index contributed by atoms with van der Waals surface area (Å²) in [7, 11) is 1.40. The number of aromatic nitrogens is 3. The number of hydrogen-bond acceptors (Lipinski definition) is 5. The van der Waals surface area contributed by atoms with Gasteiger partial charge < -0.3 is 9.47 Å². The van der Waals surface area contributed by atoms with Crippen molar-refractivity contribution in [3.05, 3.63) is 29.8 Å². The Morgan fingerprint density at radius 1 is 1.38 bits per heavy atom. The number of aromatic amines is 1. The molecular weight excluding hydrogens is 286 g/mol. The molecule has 1 aromatic carbocycles. The summed E-state index contributed by atoms with van der Waals surface area (Å²) < 4.78 is 33.0. The molecule has 0 aliphatic carbocycles. The number of H-pyrrole nitrogens is 1. The van der Waals surface area contributed by atoms with E-state index in [1.54, 1.807) is 0 Å². The first-order valence-corrected chi connectivity index (χ1v) is 5.87. The zero-order valence-electron chi connectivity index (χ0n) is 11.0. The van der Waals surface area contributed by atoms with Crippen LogP contribution in [0.15, 0.2) is 24.3 Å². The normalized spacial score (nSPS) is 10.5. The molecule has 2 aromatic rings. The van der Waals surface area contributed by atoms with Crippen molar-refractivity contribution in [3.8, 4) is 11.8 Å². The minimum absolute atomic E-state index is 0.0362. The number of rotatable bonds is 6. The third-order valence-corrected chi connectivity index (χ3v) is 2.42. The highest BCUT2D eigenvalue weighted by Gasteiger charge is 2.09. The quantitative estimate of drug-likeness (QED) is 0.845. The van der Waals surface area contributed by atoms with E-state index in [9.17, 15) is 13.6 Å². The molecule has 0 spiro atoms. The topological polar surface area (TPSA) is 89.1 Å². The molecule has 1 heterocycles. The summed E-state index contributed by atoms with van der Waals surface area (Å²) in [5.41, 5.74) is 0.639. The third kappa shape index (κ3) is 4.41. The molecule has 1 aromatic heterocycles. The number of hydrogen-bond donors (Lipinski definition) is 2. The lowest BCUT2D eigenvalue weighted by Gasteiger charge is -2.05. The number of carbonyl (C=O) groups is 1. The van der Waals surface area contributed by atoms with Gasteiger partial charge >= 0.3 is 12.6 Å². The van der Waals surface area contributed by atoms with Crippen LogP contribution < -0.4 is 14.8 Å². The van der Waals surface area contributed by atoms with Crippen LogP contribution in [0.25, 0.3) is 0 Å². The number of nitrogens with one attached hydrogen (secondary N) is 2. The number of methoxy groups -OCH3 is 1. The van der Waals surface area contributed by atoms with Crippen LogP contribution in [-0.4, -0.2) is 34.8 Å². The van der Waals surface area contributed by atoms with Gasteiger partial charge in [0.25, 0.3) is 0 Å². The first kappa shape index (κ1) is 14.7. The Morgan fingerprint density at radius 2 is 2.10 bits per heavy atom. The number of amides is 1. The van der Waals surface area contributed by atoms with Crippen molar-refractivity contribution in [2.24, 2.45) is 0 Å². The molecule has 0 fully saturated rings. The lowest BCUT2D eigenvalue weighted by Crippen LogP contribution is -2.15. The van der Waals surface area contributed by atoms with E-state index in [1.807, 2.05) is 0 Å². The Bertz CT molecular complexity index is 601. The molecule has 0 aliphatic heterocycles. The molecule has 0 aliphatic rings. The van der Waals surface area contributed by atoms with Gasteiger partial charge in [-0.1, -0.05) is 12.1 Å². The fourth-order valence-corrected chi connectivity index (χ4v) is 1.54. The molecule has 0 atom stereocenters. The summed E-state index contributed by atoms with van der Waals surface area (Å²) in [6, 6.07) is 5.90. The fraction of sp³-hybridized carbons (Fsp3) is 0.250. The molecule has 21 heavy (non-hydrogen) atoms. The maximum Gasteiger partial charge on any atom is 0.387 e. The van der Waals surface area contributed by atoms with Gasteiger partial charge in [0.1, 0.15) is 5.75 Å². The lowest BCUT2D eigenvalue weighted by molar-refractivity contribution is -0.115. The molecule has 0 saturated heterocycles. The third-order valence-electron chi connectivity index (χ3n) is 2.42. The predicted octanol–water partition coefficient (Wildman–Crippen LogP) is 1.60. The summed E-state index contributed by atoms with van der Waals surface area (Å²) >= 11 is 0. The number of nitrogens with zero attached hydrogens (tertiary/aromatic N) is 2. The summed E-state index contributed by atoms with van der Waals surface area (Å²) in [4.78, 5) is 15.6. The molecule has 0 bridgehead atoms. The van der Waals surface area contributed by atoms with Crippen molar-refractivity contribution < 1.29 is 23.0 Å². The minimum atomic E-state index is -2.87. The Hall–Kier alpha value is -2.71. The van der Waals surface area contributed by atoms with Crippen LogP contribution in [0.4, 0.5) is 14.7 Å². The summed E-state index contributed by atoms with van der Waals surface area (Å²) in [5.74, 6) is -0.139. The van der Waals surface area contributed by atoms with Crippen LogP contribution in [-0.2, 0) is 11.2 Å². The van der Waals surface area contributed by atoms with Crippen molar-refractivity contribution in [2.75, 3.05) is 12.4 Å². The van der Waals surface area contributed by atoms with E-state index >= 15 is 0 Å². The Balaban J connectivity index is 1.90. The van der Waals surface area contributed by atoms with Crippen LogP contribution >= 0.6 is 0 Å². The second kappa shape index (κ2) is 6.64. The van der Waals surface area contributed by atoms with Gasteiger partial charge in [0.15, 0.2) is 0 Å². The standard InChI is InChI=1S/C12H12F2N4O3/c1-20-12-16-11(17-18-12)15-9(19)6-7-2-4-8(5-3-7)21-10(13)14/h2-5,10H,6H2,1H3,(H2,15,16,17,18,19). The van der Waals surface area contributed by atoms with Gasteiger partial charge in [-0.15, -0.1) is 5.10 Å². The number of benzene rings is 1. The molecule has 2 rings (SSSR count). The number of alkyl halides is 2. The van der Waals surface area contributed by atoms with E-state index in [0.29, 0.717) is 5.56 Å². The van der Waals surface area contributed by atoms with E-state index in [-0.39, 0.29) is 30.0 Å². The van der Waals surface area contributed by atoms with E-state index in [4.69, 9.17) is 4.74 Å². The second-order valence-corrected chi connectivity index (χ2v) is 3.92. The van der Waals surface area contributed by atoms with Gasteiger partial charge in [0.2, 0.25) is 11.9 Å². The minimum Gasteiger partial charge on any atom is -0.466 e. The first-order chi connectivity index (χ1) is 10.1. The van der Waals surface area contributed by atoms with Crippen molar-refractivity contribution >= 4 is 11.9 Å². The predicted molar refractivity (Wildman–Crippen MR) is 68.3 cm³/mol. The van der Waals surface area contributed by atoms with Crippen LogP contribution in [0.2, 0.25) is 0 Å². The highest BCUT2D eigenvalue weighted by Crippen LogP contribution is 2.15. The first-order valence-electron chi connectivity index (χ1n) is 5.87. The molecule has 2 N–H and O–H groups in total. The number of halogens is 2. The highest BCUT2D eigenvalue weighted by atomic mass is 19.3. The van der Waals surface area contributed by atoms with Crippen molar-refractivity contribution in [1.82, 2.24) is 15.2 Å². The average molecular weight is 298 g/mol. The number of anilines is 1. The van der Waals surface area contributed by atoms with Gasteiger partial charge in [-0.25, -0.2) is 5.10 Å². The Morgan fingerprint density at radius 3 is 2.67 bits per heavy atom. The summed E-state index contributed by atoms with van der Waals surface area (Å²) in [5, 5.41) is 8.65. The fourth-order valence-electron chi connectivity index (χ4n) is 1.54. The number of carbonyl (C=O) groups excluding carboxylic acids is 1. The van der Waals surface area contributed by atoms with Gasteiger partial charge in [0, 0.05) is 0 Å². The SMILES string of the molecule is COc1n[nH]c(NC(=O)Cc2ccc(OC(F)F)cc2)n1. The van der Waals surface area contributed by atoms with Crippen molar-refractivity contribution in [2.45, 2.75) is 13.0 Å². The van der Waals surface area contributed by atoms with Gasteiger partial charge in [-0.3, -0.25) is 10.1 Å². The lowest BCUT2D eigenvalue weighted by atomic mass is 10.1. The van der Waals surface area contributed by atoms with Crippen molar-refractivity contribution in [3.63, 3.8) is 0 Å². The molecule has 0 saturated carbocycles. The van der Waals surface area contributed by atoms with E-state index in [1.165, 1.54) is 31.4 Å². The van der Waals surface area contributed by atoms with Crippen LogP contribution in [0, 0.1) is 0 Å². The van der Waals surface area contributed by atoms with Crippen LogP contribution in [0.5, 0.6) is 11.8 Å². The summed E-state index contributed by atoms with van der Waals surface area (Å²) in [6.07, 6.45) is 0.0535. The number of ether oxygens (including phenoxy) is 2. The van der Waals surface area contributed by atoms with E-state index in [2.05, 4.69) is 25.2 Å². The smallest absolute Gasteiger partial charge is 0.387 e. The average Bonchev–Trinajstić information content (AvgIpc) is 2.88. The maximum atomic E-state index is 12.0. The van der Waals surface area contributed by atoms with Crippen molar-refractivity contribution in [1.29, 1.82) is 0 Å². The van der Waals surface area contributed by atoms with Gasteiger partial charge in [-0.05, 0) is 17.7 Å². The molecule has 0 radical (unpaired) electrons. The van der Waals surface area contributed by atoms with Crippen LogP contribution in [0.1, 0.15) is 5.56 Å². The van der Waals surface area contributed by atoms with Gasteiger partial charge in [0.05, 0.1) is 13.5 Å². The van der Waals surface area contributed by atoms with Crippen LogP contribution in [0.3, 0.4) is 0 Å². The maximum absolute atomic E-state index is 12.0. The molecule has 1 amide bonds. The zero-order valence-corrected chi connectivity index (χ0v) is 11.0. The zero-order chi connectivity index (χ0) is 15.2. The molecule has 9 heteroatoms. The monoisotopic (exact) mass is 298 g/mol. The molecule has 7 nitrogen and oxygen atoms in total.